The van der Waals surface area contributed by atoms with E-state index in [1.165, 1.54) is 38.4 Å². The van der Waals surface area contributed by atoms with Gasteiger partial charge in [0.2, 0.25) is 0 Å². The van der Waals surface area contributed by atoms with Crippen LogP contribution in [0.4, 0.5) is 0 Å². The third kappa shape index (κ3) is 12.8. The molecule has 0 aliphatic rings. The molecule has 3 aromatic carbocycles. The zero-order chi connectivity index (χ0) is 41.8. The zero-order valence-corrected chi connectivity index (χ0v) is 39.3. The van der Waals surface area contributed by atoms with Crippen LogP contribution in [0.1, 0.15) is 133 Å². The summed E-state index contributed by atoms with van der Waals surface area (Å²) in [5, 5.41) is 4.83. The molecule has 3 heterocycles. The van der Waals surface area contributed by atoms with Crippen molar-refractivity contribution in [2.45, 2.75) is 127 Å². The molecule has 0 atom stereocenters. The number of carbonyl (C=O) groups is 2. The number of rotatable bonds is 12. The van der Waals surface area contributed by atoms with Gasteiger partial charge in [-0.15, -0.1) is 41.0 Å². The Morgan fingerprint density at radius 2 is 1.12 bits per heavy atom. The standard InChI is InChI=1S/C20H20N.C19H20N2.C13H24O2.Ir/c1-13(2)16-5-6-19-17(12-16)7-8-21-20(19)18-10-14(3)9-15(4)11-18;1-13(2)16-5-6-18-17(10-16)7-8-20-19(18)21-11-14(3)9-15(4)12-21;1-5-10(6-2)12(14)9-13(15)11(7-3)8-4;/h5-10,12-13H,1-4H3;5-11,13H,1-4H3;10-11H,5-9H2,1-4H3;/q-1;;;. The first-order valence-corrected chi connectivity index (χ1v) is 21.0. The van der Waals surface area contributed by atoms with Gasteiger partial charge in [-0.05, 0) is 82.6 Å². The minimum Gasteiger partial charge on any atom is -0.321 e. The molecule has 1 radical (unpaired) electrons. The summed E-state index contributed by atoms with van der Waals surface area (Å²) in [5.74, 6) is 2.46. The number of hydrogen-bond donors (Lipinski definition) is 0. The number of hydrogen-bond acceptors (Lipinski definition) is 4. The summed E-state index contributed by atoms with van der Waals surface area (Å²) in [6.07, 6.45) is 12.8. The molecule has 3 aromatic heterocycles. The van der Waals surface area contributed by atoms with E-state index in [-0.39, 0.29) is 49.9 Å². The fourth-order valence-corrected chi connectivity index (χ4v) is 7.42. The Kier molecular flexibility index (Phi) is 18.8. The van der Waals surface area contributed by atoms with Crippen molar-refractivity contribution >= 4 is 33.1 Å². The molecule has 6 heteroatoms. The van der Waals surface area contributed by atoms with Crippen molar-refractivity contribution in [3.05, 3.63) is 131 Å². The number of carbonyl (C=O) groups excluding carboxylic acids is 2. The Morgan fingerprint density at radius 1 is 0.621 bits per heavy atom. The third-order valence-corrected chi connectivity index (χ3v) is 10.8. The van der Waals surface area contributed by atoms with Crippen molar-refractivity contribution in [3.63, 3.8) is 0 Å². The van der Waals surface area contributed by atoms with Gasteiger partial charge in [0, 0.05) is 55.9 Å². The Morgan fingerprint density at radius 3 is 1.62 bits per heavy atom. The first-order valence-electron chi connectivity index (χ1n) is 21.0. The molecule has 0 fully saturated rings. The molecular weight excluding hydrogens is 891 g/mol. The van der Waals surface area contributed by atoms with E-state index in [0.717, 1.165) is 59.3 Å². The fraction of sp³-hybridized carbons (Fsp3) is 0.404. The van der Waals surface area contributed by atoms with E-state index >= 15 is 0 Å². The van der Waals surface area contributed by atoms with Crippen LogP contribution in [-0.4, -0.2) is 21.5 Å². The molecule has 0 spiro atoms. The maximum absolute atomic E-state index is 11.7. The topological polar surface area (TPSA) is 63.8 Å². The Labute approximate surface area is 362 Å². The van der Waals surface area contributed by atoms with Crippen LogP contribution >= 0.6 is 0 Å². The molecule has 6 aromatic rings. The van der Waals surface area contributed by atoms with Crippen molar-refractivity contribution < 1.29 is 34.3 Å². The number of fused-ring (bicyclic) bond motifs is 2. The molecule has 0 aliphatic heterocycles. The van der Waals surface area contributed by atoms with Crippen LogP contribution in [0.15, 0.2) is 85.3 Å². The van der Waals surface area contributed by atoms with Crippen molar-refractivity contribution in [2.24, 2.45) is 11.8 Å². The molecule has 309 valence electrons. The SMILES string of the molecule is CCC(CC)C(=O)CC(=O)C(CC)CC.Cc1[c-][n+](-c2nccc3cc(C(C)C)ccc23)cc(C)c1.Cc1[c-]c(-c2nccc3cc(C(C)C)ccc23)cc(C)c1.[Ir]. The first-order chi connectivity index (χ1) is 27.2. The maximum Gasteiger partial charge on any atom is 0.255 e. The zero-order valence-electron chi connectivity index (χ0n) is 36.9. The summed E-state index contributed by atoms with van der Waals surface area (Å²) in [5.41, 5.74) is 9.56. The molecule has 0 aliphatic carbocycles. The molecule has 0 N–H and O–H groups in total. The van der Waals surface area contributed by atoms with E-state index in [2.05, 4.69) is 151 Å². The van der Waals surface area contributed by atoms with Gasteiger partial charge >= 0.3 is 0 Å². The summed E-state index contributed by atoms with van der Waals surface area (Å²) < 4.78 is 2.00. The molecule has 0 bridgehead atoms. The Balaban J connectivity index is 0.000000235. The number of nitrogens with zero attached hydrogens (tertiary/aromatic N) is 3. The van der Waals surface area contributed by atoms with Gasteiger partial charge < -0.3 is 9.55 Å². The van der Waals surface area contributed by atoms with E-state index < -0.39 is 0 Å². The summed E-state index contributed by atoms with van der Waals surface area (Å²) in [6, 6.07) is 27.3. The fourth-order valence-electron chi connectivity index (χ4n) is 7.42. The predicted molar refractivity (Wildman–Crippen MR) is 238 cm³/mol. The molecule has 0 unspecified atom stereocenters. The van der Waals surface area contributed by atoms with Gasteiger partial charge in [0.15, 0.2) is 0 Å². The molecule has 0 amide bonds. The van der Waals surface area contributed by atoms with Crippen LogP contribution in [-0.2, 0) is 29.7 Å². The second-order valence-corrected chi connectivity index (χ2v) is 16.1. The van der Waals surface area contributed by atoms with Crippen LogP contribution in [0.2, 0.25) is 0 Å². The van der Waals surface area contributed by atoms with Crippen LogP contribution in [0, 0.1) is 51.8 Å². The van der Waals surface area contributed by atoms with Crippen LogP contribution < -0.4 is 4.57 Å². The average Bonchev–Trinajstić information content (AvgIpc) is 3.17. The maximum atomic E-state index is 11.7. The monoisotopic (exact) mass is 955 g/mol. The minimum atomic E-state index is 0. The van der Waals surface area contributed by atoms with Crippen LogP contribution in [0.25, 0.3) is 38.6 Å². The number of aryl methyl sites for hydroxylation is 4. The largest absolute Gasteiger partial charge is 0.321 e. The van der Waals surface area contributed by atoms with Crippen molar-refractivity contribution in [3.8, 4) is 17.1 Å². The van der Waals surface area contributed by atoms with E-state index in [1.807, 2.05) is 44.7 Å². The van der Waals surface area contributed by atoms with Gasteiger partial charge in [-0.25, -0.2) is 0 Å². The van der Waals surface area contributed by atoms with Gasteiger partial charge in [0.25, 0.3) is 5.82 Å². The second kappa shape index (κ2) is 22.7. The van der Waals surface area contributed by atoms with E-state index in [1.54, 1.807) is 0 Å². The Hall–Kier alpha value is -4.38. The van der Waals surface area contributed by atoms with Crippen molar-refractivity contribution in [1.82, 2.24) is 9.97 Å². The molecule has 6 rings (SSSR count). The minimum absolute atomic E-state index is 0. The summed E-state index contributed by atoms with van der Waals surface area (Å²) >= 11 is 0. The van der Waals surface area contributed by atoms with Crippen LogP contribution in [0.3, 0.4) is 0 Å². The second-order valence-electron chi connectivity index (χ2n) is 16.1. The first kappa shape index (κ1) is 48.0. The number of pyridine rings is 3. The quantitative estimate of drug-likeness (QED) is 0.0696. The third-order valence-electron chi connectivity index (χ3n) is 10.8. The molecular formula is C52H64IrN3O2-. The molecule has 5 nitrogen and oxygen atoms in total. The smallest absolute Gasteiger partial charge is 0.255 e. The van der Waals surface area contributed by atoms with E-state index in [9.17, 15) is 9.59 Å². The molecule has 58 heavy (non-hydrogen) atoms. The van der Waals surface area contributed by atoms with E-state index in [0.29, 0.717) is 11.8 Å². The van der Waals surface area contributed by atoms with Gasteiger partial charge in [0.1, 0.15) is 17.8 Å². The van der Waals surface area contributed by atoms with Crippen LogP contribution in [0.5, 0.6) is 0 Å². The van der Waals surface area contributed by atoms with Gasteiger partial charge in [-0.1, -0.05) is 136 Å². The summed E-state index contributed by atoms with van der Waals surface area (Å²) in [7, 11) is 0. The molecule has 0 saturated heterocycles. The van der Waals surface area contributed by atoms with Crippen molar-refractivity contribution in [1.29, 1.82) is 0 Å². The van der Waals surface area contributed by atoms with Gasteiger partial charge in [-0.2, -0.15) is 0 Å². The van der Waals surface area contributed by atoms with Crippen molar-refractivity contribution in [2.75, 3.05) is 0 Å². The van der Waals surface area contributed by atoms with Gasteiger partial charge in [0.05, 0.1) is 6.42 Å². The Bertz CT molecular complexity index is 2080. The number of benzene rings is 3. The normalized spacial score (nSPS) is 11.0. The summed E-state index contributed by atoms with van der Waals surface area (Å²) in [6.45, 7) is 25.3. The molecule has 0 saturated carbocycles. The number of aromatic nitrogens is 3. The predicted octanol–water partition coefficient (Wildman–Crippen LogP) is 12.9. The average molecular weight is 955 g/mol. The van der Waals surface area contributed by atoms with Gasteiger partial charge in [-0.3, -0.25) is 9.59 Å². The number of Topliss-reactive ketones (excluding diaryl/α,β-unsaturated/α-hetero) is 2. The number of ketones is 2. The van der Waals surface area contributed by atoms with E-state index in [4.69, 9.17) is 0 Å². The summed E-state index contributed by atoms with van der Waals surface area (Å²) in [4.78, 5) is 32.6.